The van der Waals surface area contributed by atoms with E-state index < -0.39 is 12.2 Å². The van der Waals surface area contributed by atoms with Gasteiger partial charge in [0.15, 0.2) is 5.58 Å². The van der Waals surface area contributed by atoms with E-state index in [2.05, 4.69) is 4.98 Å². The SMILES string of the molecule is O=C(C=Cc1nc2ccccc2o1)N1C[C@@H](O)[C@@H](O)C1. The van der Waals surface area contributed by atoms with Gasteiger partial charge in [0.2, 0.25) is 11.8 Å². The second kappa shape index (κ2) is 5.07. The summed E-state index contributed by atoms with van der Waals surface area (Å²) < 4.78 is 5.46. The molecule has 104 valence electrons. The van der Waals surface area contributed by atoms with E-state index in [9.17, 15) is 15.0 Å². The number of β-amino-alcohol motifs (C(OH)–C–C–N with tert-alkyl or cyclic N) is 2. The van der Waals surface area contributed by atoms with Crippen LogP contribution in [0.3, 0.4) is 0 Å². The highest BCUT2D eigenvalue weighted by molar-refractivity contribution is 5.91. The number of rotatable bonds is 2. The van der Waals surface area contributed by atoms with Gasteiger partial charge < -0.3 is 19.5 Å². The first-order valence-corrected chi connectivity index (χ1v) is 6.32. The van der Waals surface area contributed by atoms with Crippen molar-refractivity contribution >= 4 is 23.1 Å². The van der Waals surface area contributed by atoms with Crippen LogP contribution < -0.4 is 0 Å². The molecule has 1 aromatic heterocycles. The van der Waals surface area contributed by atoms with Gasteiger partial charge in [0.1, 0.15) is 5.52 Å². The zero-order chi connectivity index (χ0) is 14.1. The molecule has 1 saturated heterocycles. The highest BCUT2D eigenvalue weighted by atomic mass is 16.3. The van der Waals surface area contributed by atoms with Gasteiger partial charge in [-0.15, -0.1) is 0 Å². The molecule has 0 saturated carbocycles. The van der Waals surface area contributed by atoms with Gasteiger partial charge in [0.25, 0.3) is 0 Å². The largest absolute Gasteiger partial charge is 0.437 e. The fourth-order valence-corrected chi connectivity index (χ4v) is 2.16. The number of nitrogens with zero attached hydrogens (tertiary/aromatic N) is 2. The average Bonchev–Trinajstić information content (AvgIpc) is 3.00. The minimum atomic E-state index is -0.878. The molecular weight excluding hydrogens is 260 g/mol. The van der Waals surface area contributed by atoms with Gasteiger partial charge in [-0.3, -0.25) is 4.79 Å². The number of carbonyl (C=O) groups excluding carboxylic acids is 1. The first-order chi connectivity index (χ1) is 9.63. The lowest BCUT2D eigenvalue weighted by molar-refractivity contribution is -0.125. The molecule has 0 spiro atoms. The van der Waals surface area contributed by atoms with Crippen molar-refractivity contribution in [3.63, 3.8) is 0 Å². The summed E-state index contributed by atoms with van der Waals surface area (Å²) in [6.45, 7) is 0.274. The van der Waals surface area contributed by atoms with E-state index in [4.69, 9.17) is 4.42 Å². The molecule has 20 heavy (non-hydrogen) atoms. The maximum atomic E-state index is 11.9. The summed E-state index contributed by atoms with van der Waals surface area (Å²) in [6, 6.07) is 7.33. The summed E-state index contributed by atoms with van der Waals surface area (Å²) in [5, 5.41) is 18.8. The second-order valence-electron chi connectivity index (χ2n) is 4.73. The summed E-state index contributed by atoms with van der Waals surface area (Å²) >= 11 is 0. The molecule has 0 bridgehead atoms. The van der Waals surface area contributed by atoms with Crippen molar-refractivity contribution in [2.75, 3.05) is 13.1 Å². The summed E-state index contributed by atoms with van der Waals surface area (Å²) in [5.41, 5.74) is 1.39. The fraction of sp³-hybridized carbons (Fsp3) is 0.286. The number of hydrogen-bond acceptors (Lipinski definition) is 5. The first-order valence-electron chi connectivity index (χ1n) is 6.32. The number of hydrogen-bond donors (Lipinski definition) is 2. The van der Waals surface area contributed by atoms with Crippen molar-refractivity contribution in [1.82, 2.24) is 9.88 Å². The number of oxazole rings is 1. The van der Waals surface area contributed by atoms with Crippen LogP contribution in [0.4, 0.5) is 0 Å². The Balaban J connectivity index is 1.72. The van der Waals surface area contributed by atoms with E-state index in [1.54, 1.807) is 6.07 Å². The van der Waals surface area contributed by atoms with E-state index in [1.807, 2.05) is 18.2 Å². The van der Waals surface area contributed by atoms with Crippen molar-refractivity contribution in [3.05, 3.63) is 36.2 Å². The Labute approximate surface area is 114 Å². The van der Waals surface area contributed by atoms with E-state index in [-0.39, 0.29) is 19.0 Å². The van der Waals surface area contributed by atoms with Gasteiger partial charge >= 0.3 is 0 Å². The Morgan fingerprint density at radius 2 is 2.00 bits per heavy atom. The number of carbonyl (C=O) groups is 1. The van der Waals surface area contributed by atoms with Crippen LogP contribution >= 0.6 is 0 Å². The topological polar surface area (TPSA) is 86.8 Å². The van der Waals surface area contributed by atoms with Crippen LogP contribution in [0.25, 0.3) is 17.2 Å². The van der Waals surface area contributed by atoms with Crippen LogP contribution in [-0.2, 0) is 4.79 Å². The van der Waals surface area contributed by atoms with E-state index >= 15 is 0 Å². The highest BCUT2D eigenvalue weighted by Crippen LogP contribution is 2.16. The molecule has 1 fully saturated rings. The third kappa shape index (κ3) is 2.43. The van der Waals surface area contributed by atoms with E-state index in [1.165, 1.54) is 17.1 Å². The van der Waals surface area contributed by atoms with Crippen molar-refractivity contribution < 1.29 is 19.4 Å². The zero-order valence-corrected chi connectivity index (χ0v) is 10.6. The van der Waals surface area contributed by atoms with Gasteiger partial charge in [-0.05, 0) is 12.1 Å². The van der Waals surface area contributed by atoms with Crippen LogP contribution in [-0.4, -0.2) is 51.3 Å². The van der Waals surface area contributed by atoms with Crippen molar-refractivity contribution in [3.8, 4) is 0 Å². The molecule has 1 aliphatic rings. The zero-order valence-electron chi connectivity index (χ0n) is 10.6. The standard InChI is InChI=1S/C14H14N2O4/c17-10-7-16(8-11(10)18)14(19)6-5-13-15-9-3-1-2-4-12(9)20-13/h1-6,10-11,17-18H,7-8H2/t10-,11+. The van der Waals surface area contributed by atoms with Crippen LogP contribution in [0.15, 0.2) is 34.8 Å². The first kappa shape index (κ1) is 12.8. The van der Waals surface area contributed by atoms with Gasteiger partial charge in [-0.25, -0.2) is 4.98 Å². The summed E-state index contributed by atoms with van der Waals surface area (Å²) in [5.74, 6) is 0.0581. The number of likely N-dealkylation sites (tertiary alicyclic amines) is 1. The lowest BCUT2D eigenvalue weighted by Gasteiger charge is -2.11. The number of benzene rings is 1. The average molecular weight is 274 g/mol. The molecule has 0 aliphatic carbocycles. The van der Waals surface area contributed by atoms with Gasteiger partial charge in [0, 0.05) is 25.2 Å². The molecule has 1 amide bonds. The molecule has 2 heterocycles. The predicted molar refractivity (Wildman–Crippen MR) is 71.6 cm³/mol. The predicted octanol–water partition coefficient (Wildman–Crippen LogP) is 0.405. The smallest absolute Gasteiger partial charge is 0.246 e. The van der Waals surface area contributed by atoms with E-state index in [0.717, 1.165) is 5.52 Å². The molecule has 0 radical (unpaired) electrons. The third-order valence-corrected chi connectivity index (χ3v) is 3.25. The molecule has 2 N–H and O–H groups in total. The monoisotopic (exact) mass is 274 g/mol. The minimum Gasteiger partial charge on any atom is -0.437 e. The molecule has 0 unspecified atom stereocenters. The highest BCUT2D eigenvalue weighted by Gasteiger charge is 2.31. The molecule has 6 heteroatoms. The van der Waals surface area contributed by atoms with Gasteiger partial charge in [0.05, 0.1) is 12.2 Å². The maximum absolute atomic E-state index is 11.9. The molecule has 1 aromatic carbocycles. The Bertz CT molecular complexity index is 621. The lowest BCUT2D eigenvalue weighted by Crippen LogP contribution is -2.27. The Hall–Kier alpha value is -2.18. The summed E-state index contributed by atoms with van der Waals surface area (Å²) in [4.78, 5) is 17.5. The van der Waals surface area contributed by atoms with Crippen LogP contribution in [0.2, 0.25) is 0 Å². The number of para-hydroxylation sites is 2. The minimum absolute atomic E-state index is 0.137. The number of fused-ring (bicyclic) bond motifs is 1. The number of amides is 1. The Kier molecular flexibility index (Phi) is 3.25. The molecule has 6 nitrogen and oxygen atoms in total. The van der Waals surface area contributed by atoms with Gasteiger partial charge in [-0.2, -0.15) is 0 Å². The van der Waals surface area contributed by atoms with Crippen LogP contribution in [0, 0.1) is 0 Å². The Morgan fingerprint density at radius 1 is 1.30 bits per heavy atom. The maximum Gasteiger partial charge on any atom is 0.246 e. The molecule has 3 rings (SSSR count). The molecule has 2 atom stereocenters. The van der Waals surface area contributed by atoms with Crippen LogP contribution in [0.5, 0.6) is 0 Å². The molecule has 2 aromatic rings. The van der Waals surface area contributed by atoms with Crippen molar-refractivity contribution in [2.24, 2.45) is 0 Å². The number of aliphatic hydroxyl groups is 2. The summed E-state index contributed by atoms with van der Waals surface area (Å²) in [6.07, 6.45) is 1.06. The molecule has 1 aliphatic heterocycles. The second-order valence-corrected chi connectivity index (χ2v) is 4.73. The van der Waals surface area contributed by atoms with E-state index in [0.29, 0.717) is 11.5 Å². The number of aliphatic hydroxyl groups excluding tert-OH is 2. The van der Waals surface area contributed by atoms with Gasteiger partial charge in [-0.1, -0.05) is 12.1 Å². The lowest BCUT2D eigenvalue weighted by atomic mass is 10.3. The van der Waals surface area contributed by atoms with Crippen LogP contribution in [0.1, 0.15) is 5.89 Å². The fourth-order valence-electron chi connectivity index (χ4n) is 2.16. The Morgan fingerprint density at radius 3 is 2.70 bits per heavy atom. The molecular formula is C14H14N2O4. The third-order valence-electron chi connectivity index (χ3n) is 3.25. The normalized spacial score (nSPS) is 23.0. The summed E-state index contributed by atoms with van der Waals surface area (Å²) in [7, 11) is 0. The van der Waals surface area contributed by atoms with Crippen molar-refractivity contribution in [1.29, 1.82) is 0 Å². The van der Waals surface area contributed by atoms with Crippen molar-refractivity contribution in [2.45, 2.75) is 12.2 Å². The quantitative estimate of drug-likeness (QED) is 0.774. The number of aromatic nitrogens is 1.